The molecule has 2 heterocycles. The first-order chi connectivity index (χ1) is 36.6. The second-order valence-electron chi connectivity index (χ2n) is 17.9. The summed E-state index contributed by atoms with van der Waals surface area (Å²) in [6, 6.07) is 67.0. The van der Waals surface area contributed by atoms with Gasteiger partial charge in [0.1, 0.15) is 0 Å². The van der Waals surface area contributed by atoms with Crippen LogP contribution in [0.15, 0.2) is 182 Å². The molecule has 0 aliphatic rings. The van der Waals surface area contributed by atoms with E-state index in [9.17, 15) is 0 Å². The van der Waals surface area contributed by atoms with E-state index in [1.807, 2.05) is 55.4 Å². The van der Waals surface area contributed by atoms with E-state index in [1.165, 1.54) is 119 Å². The molecule has 378 valence electrons. The molecule has 0 unspecified atom stereocenters. The Balaban J connectivity index is 0.000000175. The molecular formula is C70H78N4. The standard InChI is InChI=1S/C33H28N2.C29H26N2.4C2H6/c1-3-34(4-2)21-35-32-28-19-11-7-15-24(28)22-13-5-9-17-26(22)30(32)31-27-18-10-6-14-23(27)25-16-8-12-20-29(25)33(31)35;1-3-30(4-2)19-31-26-18-17-20-11-5-6-12-21(20)27(26)28-24-15-9-7-13-22(24)23-14-8-10-16-25(23)29(28)31;4*1-2/h5-20H,3-4,21H2,1-2H3;5-18H,3-4,19H2,1-2H3;4*1-2H3. The summed E-state index contributed by atoms with van der Waals surface area (Å²) in [5.74, 6) is 0. The van der Waals surface area contributed by atoms with E-state index < -0.39 is 0 Å². The van der Waals surface area contributed by atoms with Crippen molar-refractivity contribution >= 4 is 119 Å². The van der Waals surface area contributed by atoms with Crippen molar-refractivity contribution in [2.75, 3.05) is 26.2 Å². The van der Waals surface area contributed by atoms with Crippen LogP contribution in [-0.4, -0.2) is 45.1 Å². The van der Waals surface area contributed by atoms with Gasteiger partial charge in [0.15, 0.2) is 0 Å². The fraction of sp³-hybridized carbons (Fsp3) is 0.257. The Morgan fingerprint density at radius 3 is 0.865 bits per heavy atom. The van der Waals surface area contributed by atoms with Crippen LogP contribution in [0.3, 0.4) is 0 Å². The predicted molar refractivity (Wildman–Crippen MR) is 333 cm³/mol. The van der Waals surface area contributed by atoms with Crippen molar-refractivity contribution in [2.45, 2.75) is 96.4 Å². The van der Waals surface area contributed by atoms with E-state index in [2.05, 4.69) is 229 Å². The maximum atomic E-state index is 2.61. The van der Waals surface area contributed by atoms with Gasteiger partial charge in [-0.05, 0) is 91.5 Å². The van der Waals surface area contributed by atoms with Gasteiger partial charge in [-0.25, -0.2) is 0 Å². The molecule has 0 bridgehead atoms. The lowest BCUT2D eigenvalue weighted by atomic mass is 9.93. The van der Waals surface area contributed by atoms with Gasteiger partial charge in [-0.15, -0.1) is 0 Å². The molecule has 4 nitrogen and oxygen atoms in total. The van der Waals surface area contributed by atoms with Crippen LogP contribution in [-0.2, 0) is 13.3 Å². The molecule has 0 N–H and O–H groups in total. The van der Waals surface area contributed by atoms with Crippen molar-refractivity contribution < 1.29 is 0 Å². The number of hydrogen-bond acceptors (Lipinski definition) is 2. The van der Waals surface area contributed by atoms with Crippen LogP contribution in [0.25, 0.3) is 119 Å². The Kier molecular flexibility index (Phi) is 17.4. The maximum Gasteiger partial charge on any atom is 0.0757 e. The minimum atomic E-state index is 0.873. The van der Waals surface area contributed by atoms with Crippen molar-refractivity contribution in [3.05, 3.63) is 182 Å². The molecule has 0 spiro atoms. The Morgan fingerprint density at radius 1 is 0.257 bits per heavy atom. The minimum Gasteiger partial charge on any atom is -0.326 e. The van der Waals surface area contributed by atoms with Crippen LogP contribution in [0.2, 0.25) is 0 Å². The van der Waals surface area contributed by atoms with Crippen molar-refractivity contribution in [3.63, 3.8) is 0 Å². The summed E-state index contributed by atoms with van der Waals surface area (Å²) in [7, 11) is 0. The Morgan fingerprint density at radius 2 is 0.514 bits per heavy atom. The van der Waals surface area contributed by atoms with Crippen LogP contribution in [0.1, 0.15) is 83.1 Å². The largest absolute Gasteiger partial charge is 0.326 e. The van der Waals surface area contributed by atoms with Gasteiger partial charge >= 0.3 is 0 Å². The molecule has 4 heteroatoms. The number of rotatable bonds is 8. The quantitative estimate of drug-likeness (QED) is 0.141. The lowest BCUT2D eigenvalue weighted by molar-refractivity contribution is 0.250. The molecular weight excluding hydrogens is 897 g/mol. The highest BCUT2D eigenvalue weighted by atomic mass is 15.2. The van der Waals surface area contributed by atoms with E-state index in [0.29, 0.717) is 0 Å². The summed E-state index contributed by atoms with van der Waals surface area (Å²) in [6.07, 6.45) is 0. The molecule has 0 aliphatic carbocycles. The van der Waals surface area contributed by atoms with Gasteiger partial charge in [-0.2, -0.15) is 0 Å². The van der Waals surface area contributed by atoms with Gasteiger partial charge in [0.25, 0.3) is 0 Å². The number of benzene rings is 11. The zero-order chi connectivity index (χ0) is 52.5. The highest BCUT2D eigenvalue weighted by molar-refractivity contribution is 6.40. The molecule has 13 aromatic rings. The SMILES string of the molecule is CC.CC.CC.CC.CCN(CC)Cn1c2c3ccccc3c3ccccc3c2c2c3ccccc3c3ccccc3c21.CCN(CC)Cn1c2ccc3ccccc3c2c2c3ccccc3c3ccccc3c21. The van der Waals surface area contributed by atoms with Crippen LogP contribution < -0.4 is 0 Å². The average Bonchev–Trinajstić information content (AvgIpc) is 4.03. The van der Waals surface area contributed by atoms with Gasteiger partial charge in [0.2, 0.25) is 0 Å². The average molecular weight is 975 g/mol. The summed E-state index contributed by atoms with van der Waals surface area (Å²) >= 11 is 0. The second-order valence-corrected chi connectivity index (χ2v) is 17.9. The molecule has 74 heavy (non-hydrogen) atoms. The van der Waals surface area contributed by atoms with Gasteiger partial charge < -0.3 is 9.13 Å². The summed E-state index contributed by atoms with van der Waals surface area (Å²) < 4.78 is 5.17. The van der Waals surface area contributed by atoms with E-state index >= 15 is 0 Å². The third kappa shape index (κ3) is 9.03. The molecule has 0 amide bonds. The monoisotopic (exact) mass is 975 g/mol. The van der Waals surface area contributed by atoms with Crippen molar-refractivity contribution in [2.24, 2.45) is 0 Å². The van der Waals surface area contributed by atoms with Gasteiger partial charge in [0.05, 0.1) is 35.4 Å². The molecule has 0 saturated carbocycles. The lowest BCUT2D eigenvalue weighted by Gasteiger charge is -2.22. The van der Waals surface area contributed by atoms with Crippen molar-refractivity contribution in [1.82, 2.24) is 18.9 Å². The smallest absolute Gasteiger partial charge is 0.0757 e. The van der Waals surface area contributed by atoms with Gasteiger partial charge in [-0.3, -0.25) is 9.80 Å². The van der Waals surface area contributed by atoms with Crippen LogP contribution in [0, 0.1) is 0 Å². The Labute approximate surface area is 440 Å². The van der Waals surface area contributed by atoms with Crippen molar-refractivity contribution in [1.29, 1.82) is 0 Å². The lowest BCUT2D eigenvalue weighted by Crippen LogP contribution is -2.25. The summed E-state index contributed by atoms with van der Waals surface area (Å²) in [4.78, 5) is 5.02. The van der Waals surface area contributed by atoms with Gasteiger partial charge in [0, 0.05) is 37.7 Å². The van der Waals surface area contributed by atoms with Crippen LogP contribution in [0.4, 0.5) is 0 Å². The number of nitrogens with zero attached hydrogens (tertiary/aromatic N) is 4. The molecule has 0 fully saturated rings. The molecule has 0 radical (unpaired) electrons. The topological polar surface area (TPSA) is 16.3 Å². The highest BCUT2D eigenvalue weighted by Gasteiger charge is 2.24. The first kappa shape index (κ1) is 53.1. The van der Waals surface area contributed by atoms with E-state index in [0.717, 1.165) is 39.5 Å². The van der Waals surface area contributed by atoms with E-state index in [-0.39, 0.29) is 0 Å². The van der Waals surface area contributed by atoms with Gasteiger partial charge in [-0.1, -0.05) is 259 Å². The summed E-state index contributed by atoms with van der Waals surface area (Å²) in [6.45, 7) is 30.9. The zero-order valence-corrected chi connectivity index (χ0v) is 46.4. The number of aromatic nitrogens is 2. The Hall–Kier alpha value is -7.24. The predicted octanol–water partition coefficient (Wildman–Crippen LogP) is 20.4. The zero-order valence-electron chi connectivity index (χ0n) is 46.4. The molecule has 13 rings (SSSR count). The summed E-state index contributed by atoms with van der Waals surface area (Å²) in [5.41, 5.74) is 5.38. The van der Waals surface area contributed by atoms with Crippen molar-refractivity contribution in [3.8, 4) is 0 Å². The minimum absolute atomic E-state index is 0.873. The molecule has 2 aromatic heterocycles. The van der Waals surface area contributed by atoms with E-state index in [4.69, 9.17) is 0 Å². The second kappa shape index (κ2) is 24.2. The third-order valence-corrected chi connectivity index (χ3v) is 14.7. The first-order valence-corrected chi connectivity index (χ1v) is 28.0. The molecule has 0 atom stereocenters. The van der Waals surface area contributed by atoms with Crippen LogP contribution in [0.5, 0.6) is 0 Å². The highest BCUT2D eigenvalue weighted by Crippen LogP contribution is 2.47. The fourth-order valence-corrected chi connectivity index (χ4v) is 11.5. The normalized spacial score (nSPS) is 11.3. The molecule has 11 aromatic carbocycles. The third-order valence-electron chi connectivity index (χ3n) is 14.7. The maximum absolute atomic E-state index is 2.61. The number of hydrogen-bond donors (Lipinski definition) is 0. The Bertz CT molecular complexity index is 3880. The van der Waals surface area contributed by atoms with E-state index in [1.54, 1.807) is 0 Å². The number of fused-ring (bicyclic) bond motifs is 23. The summed E-state index contributed by atoms with van der Waals surface area (Å²) in [5, 5.41) is 24.1. The molecule has 0 saturated heterocycles. The molecule has 0 aliphatic heterocycles. The fourth-order valence-electron chi connectivity index (χ4n) is 11.5. The first-order valence-electron chi connectivity index (χ1n) is 28.0. The van der Waals surface area contributed by atoms with Crippen LogP contribution >= 0.6 is 0 Å².